The summed E-state index contributed by atoms with van der Waals surface area (Å²) in [7, 11) is 0. The summed E-state index contributed by atoms with van der Waals surface area (Å²) in [6.45, 7) is -3.70. The fraction of sp³-hybridized carbons (Fsp3) is 0.918. The number of nitrogens with one attached hydrogen (secondary N) is 5. The molecule has 9 aliphatic heterocycles. The zero-order valence-electron chi connectivity index (χ0n) is 70.7. The van der Waals surface area contributed by atoms with Crippen molar-refractivity contribution < 1.29 is 257 Å². The Morgan fingerprint density at radius 3 is 1.15 bits per heavy atom. The van der Waals surface area contributed by atoms with Gasteiger partial charge in [-0.25, -0.2) is 4.79 Å². The minimum Gasteiger partial charge on any atom is -0.477 e. The minimum absolute atomic E-state index is 0.878. The van der Waals surface area contributed by atoms with Crippen molar-refractivity contribution in [3.8, 4) is 0 Å². The number of carbonyl (C=O) groups excluding carboxylic acids is 5. The number of aliphatic carboxylic acids is 1. The Labute approximate surface area is 737 Å². The molecular formula is C73H123N5O52. The summed E-state index contributed by atoms with van der Waals surface area (Å²) in [5.74, 6) is -10.3. The second kappa shape index (κ2) is 47.4. The van der Waals surface area contributed by atoms with E-state index in [1.54, 1.807) is 0 Å². The molecule has 33 N–H and O–H groups in total. The highest BCUT2D eigenvalue weighted by Gasteiger charge is 2.64. The van der Waals surface area contributed by atoms with Crippen LogP contribution in [0, 0.1) is 0 Å². The van der Waals surface area contributed by atoms with Crippen LogP contribution in [0.1, 0.15) is 54.9 Å². The molecule has 0 bridgehead atoms. The molecule has 57 heteroatoms. The largest absolute Gasteiger partial charge is 0.477 e. The van der Waals surface area contributed by atoms with E-state index < -0.39 is 407 Å². The van der Waals surface area contributed by atoms with Gasteiger partial charge in [0, 0.05) is 41.0 Å². The maximum absolute atomic E-state index is 13.5. The first-order chi connectivity index (χ1) is 61.2. The van der Waals surface area contributed by atoms with Gasteiger partial charge in [0.15, 0.2) is 50.3 Å². The highest BCUT2D eigenvalue weighted by atomic mass is 16.8. The van der Waals surface area contributed by atoms with Gasteiger partial charge in [0.1, 0.15) is 220 Å². The number of carboxylic acids is 1. The molecule has 9 heterocycles. The van der Waals surface area contributed by atoms with Crippen LogP contribution in [0.25, 0.3) is 0 Å². The molecule has 130 heavy (non-hydrogen) atoms. The van der Waals surface area contributed by atoms with Gasteiger partial charge in [0.25, 0.3) is 5.79 Å². The van der Waals surface area contributed by atoms with Crippen LogP contribution in [0.4, 0.5) is 0 Å². The third-order valence-corrected chi connectivity index (χ3v) is 23.4. The van der Waals surface area contributed by atoms with Gasteiger partial charge in [-0.2, -0.15) is 0 Å². The van der Waals surface area contributed by atoms with Crippen molar-refractivity contribution in [3.05, 3.63) is 0 Å². The Kier molecular flexibility index (Phi) is 39.6. The highest BCUT2D eigenvalue weighted by molar-refractivity contribution is 5.77. The third kappa shape index (κ3) is 24.6. The van der Waals surface area contributed by atoms with Crippen molar-refractivity contribution in [2.24, 2.45) is 0 Å². The molecule has 9 aliphatic rings. The molecule has 9 fully saturated rings. The van der Waals surface area contributed by atoms with E-state index in [1.165, 1.54) is 13.8 Å². The van der Waals surface area contributed by atoms with Gasteiger partial charge in [0.05, 0.1) is 89.9 Å². The van der Waals surface area contributed by atoms with Crippen molar-refractivity contribution >= 4 is 35.5 Å². The van der Waals surface area contributed by atoms with Crippen LogP contribution >= 0.6 is 0 Å². The molecule has 57 nitrogen and oxygen atoms in total. The SMILES string of the molecule is CC(=O)N[C@H]1[C@H](OC[C@@H](O)[C@H](O)[C@H](O[C@@H]2O[C@H](CO)[C@@H](O[C@@H]3O[C@H](CO)[C@H](O)[C@H](O[C@@H]4O[C@@H](C)[C@@H](O)[C@@H](O)[C@@H]4O)[C@H]3O)[C@H](O)[C@H]2NC(C)=O)[C@H](CO)NC(C)=O)O[C@H](CO)[C@@H](O[C@@H]2O[C@H](CO)[C@H](O)[C@H](O[C@@H]3O[C@H](CO)[C@@H](O[C@@H]4O[C@H](CO)[C@H](O)[C@H](O[C@]5(C(=O)O)C[C@H](O)[C@@H](NC(C)=O)[C@H]([C@H](O)[C@H](O)CO)O5)[C@H]4O)[C@H](O[C@@H]4O[C@@H](C)[C@@H](O)[C@@H](O)[C@@H]4O)[C@H]3NC(C)=O)[C@H]2O)[C@@H]1O. The molecule has 50 atom stereocenters. The molecular weight excluding hydrogens is 1780 g/mol. The number of aliphatic hydroxyl groups excluding tert-OH is 27. The Bertz CT molecular complexity index is 3590. The topological polar surface area (TPSA) is 895 Å². The summed E-state index contributed by atoms with van der Waals surface area (Å²) in [5.41, 5.74) is 0. The van der Waals surface area contributed by atoms with Gasteiger partial charge in [-0.15, -0.1) is 0 Å². The third-order valence-electron chi connectivity index (χ3n) is 23.4. The molecule has 0 saturated carbocycles. The van der Waals surface area contributed by atoms with Gasteiger partial charge in [0.2, 0.25) is 29.5 Å². The number of ether oxygens (including phenoxy) is 18. The molecule has 0 aromatic carbocycles. The average Bonchev–Trinajstić information content (AvgIpc) is 0.772. The fourth-order valence-corrected chi connectivity index (χ4v) is 16.6. The van der Waals surface area contributed by atoms with Crippen LogP contribution < -0.4 is 26.6 Å². The first-order valence-electron chi connectivity index (χ1n) is 41.4. The second-order valence-electron chi connectivity index (χ2n) is 32.9. The maximum Gasteiger partial charge on any atom is 0.364 e. The summed E-state index contributed by atoms with van der Waals surface area (Å²) in [6, 6.07) is -9.60. The zero-order valence-corrected chi connectivity index (χ0v) is 70.7. The first kappa shape index (κ1) is 109. The molecule has 9 rings (SSSR count). The van der Waals surface area contributed by atoms with Crippen molar-refractivity contribution in [2.45, 2.75) is 361 Å². The van der Waals surface area contributed by atoms with Crippen molar-refractivity contribution in [1.29, 1.82) is 0 Å². The maximum atomic E-state index is 13.5. The number of aliphatic hydroxyl groups is 27. The molecule has 0 unspecified atom stereocenters. The number of hydrogen-bond donors (Lipinski definition) is 33. The number of carboxylic acid groups (broad SMARTS) is 1. The summed E-state index contributed by atoms with van der Waals surface area (Å²) >= 11 is 0. The number of rotatable bonds is 38. The molecule has 9 saturated heterocycles. The Morgan fingerprint density at radius 1 is 0.362 bits per heavy atom. The first-order valence-corrected chi connectivity index (χ1v) is 41.4. The van der Waals surface area contributed by atoms with Crippen LogP contribution in [-0.4, -0.2) is 544 Å². The van der Waals surface area contributed by atoms with Crippen LogP contribution in [0.5, 0.6) is 0 Å². The molecule has 5 amide bonds. The summed E-state index contributed by atoms with van der Waals surface area (Å²) in [5, 5.41) is 324. The van der Waals surface area contributed by atoms with Crippen molar-refractivity contribution in [1.82, 2.24) is 26.6 Å². The van der Waals surface area contributed by atoms with Gasteiger partial charge in [-0.3, -0.25) is 24.0 Å². The lowest BCUT2D eigenvalue weighted by Crippen LogP contribution is -2.72. The summed E-state index contributed by atoms with van der Waals surface area (Å²) in [4.78, 5) is 77.9. The van der Waals surface area contributed by atoms with E-state index in [9.17, 15) is 172 Å². The molecule has 0 spiro atoms. The van der Waals surface area contributed by atoms with Crippen LogP contribution in [-0.2, 0) is 114 Å². The fourth-order valence-electron chi connectivity index (χ4n) is 16.6. The van der Waals surface area contributed by atoms with E-state index in [0.717, 1.165) is 34.6 Å². The predicted molar refractivity (Wildman–Crippen MR) is 404 cm³/mol. The Morgan fingerprint density at radius 2 is 0.723 bits per heavy atom. The molecule has 0 aromatic heterocycles. The van der Waals surface area contributed by atoms with Crippen LogP contribution in [0.15, 0.2) is 0 Å². The van der Waals surface area contributed by atoms with Gasteiger partial charge >= 0.3 is 5.97 Å². The standard InChI is InChI=1S/C73H123N5O52/c1-18-39(95)48(104)50(106)67(114-18)126-60-38(78-24(7)91)66(121-34(16-86)58(60)125-71-54(110)63(45(101)31(13-83)118-71)130-73(72(111)112)8-26(92)35(75-21(4)88)59(129-73)41(97)27(93)10-80)127-61-43(99)29(11-81)116-69(52(61)108)123-56-32(14-84)119-64(36(46(56)102)76-22(5)89)113-17-28(94)42(98)55(25(9-79)74-20(3)87)122-65-37(77-23(6)90)47(103)57(33(15-85)120-65)124-70-53(109)62(44(100)30(12-82)117-70)128-68-51(107)49(105)40(96)19(2)115-68/h18-19,25-71,79-86,92-110H,8-17H2,1-7H3,(H,74,87)(H,75,88)(H,76,89)(H,77,90)(H,78,91)(H,111,112)/t18-,19-,25-,26-,27+,28+,29+,30+,31+,32+,33+,34+,35+,36+,37+,38+,39+,40+,41+,42-,43-,44-,45-,46+,47+,48+,49+,50-,51-,52+,53+,54+,55+,56+,57+,58+,59+,60+,61-,62-,63-,64+,65-,66-,67-,68-,69-,70-,71-,73-/m0/s1. The molecule has 752 valence electrons. The predicted octanol–water partition coefficient (Wildman–Crippen LogP) is -21.2. The van der Waals surface area contributed by atoms with Gasteiger partial charge in [-0.1, -0.05) is 0 Å². The Balaban J connectivity index is 0.949. The quantitative estimate of drug-likeness (QED) is 0.0273. The monoisotopic (exact) mass is 1900 g/mol. The molecule has 0 radical (unpaired) electrons. The normalized spacial score (nSPS) is 45.2. The Hall–Kier alpha value is -4.98. The van der Waals surface area contributed by atoms with Crippen LogP contribution in [0.3, 0.4) is 0 Å². The smallest absolute Gasteiger partial charge is 0.364 e. The van der Waals surface area contributed by atoms with E-state index in [-0.39, 0.29) is 0 Å². The van der Waals surface area contributed by atoms with E-state index in [1.807, 2.05) is 0 Å². The van der Waals surface area contributed by atoms with E-state index in [0.29, 0.717) is 0 Å². The average molecular weight is 1900 g/mol. The molecule has 0 aromatic rings. The number of carbonyl (C=O) groups is 6. The lowest BCUT2D eigenvalue weighted by Gasteiger charge is -2.52. The summed E-state index contributed by atoms with van der Waals surface area (Å²) < 4.78 is 106. The van der Waals surface area contributed by atoms with Crippen LogP contribution in [0.2, 0.25) is 0 Å². The zero-order chi connectivity index (χ0) is 96.6. The van der Waals surface area contributed by atoms with Gasteiger partial charge < -0.3 is 255 Å². The van der Waals surface area contributed by atoms with E-state index >= 15 is 0 Å². The number of hydrogen-bond acceptors (Lipinski definition) is 51. The van der Waals surface area contributed by atoms with E-state index in [4.69, 9.17) is 85.3 Å². The number of amides is 5. The lowest BCUT2D eigenvalue weighted by molar-refractivity contribution is -0.399. The summed E-state index contributed by atoms with van der Waals surface area (Å²) in [6.07, 6.45) is -94.1. The van der Waals surface area contributed by atoms with Crippen molar-refractivity contribution in [2.75, 3.05) is 59.5 Å². The minimum atomic E-state index is -3.34. The highest BCUT2D eigenvalue weighted by Crippen LogP contribution is 2.43. The van der Waals surface area contributed by atoms with Gasteiger partial charge in [-0.05, 0) is 13.8 Å². The second-order valence-corrected chi connectivity index (χ2v) is 32.9. The molecule has 0 aliphatic carbocycles. The van der Waals surface area contributed by atoms with Crippen molar-refractivity contribution in [3.63, 3.8) is 0 Å². The van der Waals surface area contributed by atoms with E-state index in [2.05, 4.69) is 26.6 Å². The lowest BCUT2D eigenvalue weighted by atomic mass is 9.88.